The Morgan fingerprint density at radius 2 is 1.72 bits per heavy atom. The van der Waals surface area contributed by atoms with Crippen molar-refractivity contribution in [1.82, 2.24) is 14.9 Å². The van der Waals surface area contributed by atoms with Gasteiger partial charge >= 0.3 is 0 Å². The summed E-state index contributed by atoms with van der Waals surface area (Å²) in [6.45, 7) is 3.35. The lowest BCUT2D eigenvalue weighted by Crippen LogP contribution is -2.37. The molecule has 7 heteroatoms. The molecule has 0 aliphatic carbocycles. The number of hydrogen-bond acceptors (Lipinski definition) is 5. The molecule has 0 fully saturated rings. The van der Waals surface area contributed by atoms with E-state index in [9.17, 15) is 9.18 Å². The SMILES string of the molecule is Cc1ccccc1C(=O)N1CCc2nc(N(C)Cc3ccccc3)nc(Oc3ccccc3F)c2C1. The molecule has 1 aromatic heterocycles. The number of carbonyl (C=O) groups excluding carboxylic acids is 1. The lowest BCUT2D eigenvalue weighted by Gasteiger charge is -2.30. The molecule has 0 saturated carbocycles. The molecule has 6 nitrogen and oxygen atoms in total. The van der Waals surface area contributed by atoms with Gasteiger partial charge in [0.1, 0.15) is 0 Å². The van der Waals surface area contributed by atoms with Crippen molar-refractivity contribution in [3.8, 4) is 11.6 Å². The van der Waals surface area contributed by atoms with Crippen LogP contribution >= 0.6 is 0 Å². The zero-order chi connectivity index (χ0) is 25.1. The molecule has 0 bridgehead atoms. The van der Waals surface area contributed by atoms with Crippen LogP contribution in [0, 0.1) is 12.7 Å². The highest BCUT2D eigenvalue weighted by Crippen LogP contribution is 2.33. The number of benzene rings is 3. The molecule has 36 heavy (non-hydrogen) atoms. The lowest BCUT2D eigenvalue weighted by molar-refractivity contribution is 0.0731. The number of anilines is 1. The van der Waals surface area contributed by atoms with Crippen LogP contribution in [-0.4, -0.2) is 34.4 Å². The summed E-state index contributed by atoms with van der Waals surface area (Å²) in [4.78, 5) is 26.5. The zero-order valence-corrected chi connectivity index (χ0v) is 20.3. The first-order valence-corrected chi connectivity index (χ1v) is 11.9. The maximum absolute atomic E-state index is 14.5. The van der Waals surface area contributed by atoms with Gasteiger partial charge in [-0.15, -0.1) is 0 Å². The maximum atomic E-state index is 14.5. The van der Waals surface area contributed by atoms with Crippen LogP contribution in [0.3, 0.4) is 0 Å². The number of nitrogens with zero attached hydrogens (tertiary/aromatic N) is 4. The van der Waals surface area contributed by atoms with E-state index in [2.05, 4.69) is 0 Å². The molecule has 2 heterocycles. The Bertz CT molecular complexity index is 1390. The van der Waals surface area contributed by atoms with Gasteiger partial charge in [-0.2, -0.15) is 4.98 Å². The van der Waals surface area contributed by atoms with Crippen LogP contribution < -0.4 is 9.64 Å². The first kappa shape index (κ1) is 23.5. The quantitative estimate of drug-likeness (QED) is 0.361. The first-order chi connectivity index (χ1) is 17.5. The van der Waals surface area contributed by atoms with Crippen molar-refractivity contribution in [3.63, 3.8) is 0 Å². The van der Waals surface area contributed by atoms with Gasteiger partial charge in [0.2, 0.25) is 11.8 Å². The fourth-order valence-electron chi connectivity index (χ4n) is 4.34. The van der Waals surface area contributed by atoms with Gasteiger partial charge in [-0.25, -0.2) is 9.37 Å². The topological polar surface area (TPSA) is 58.6 Å². The molecule has 0 radical (unpaired) electrons. The summed E-state index contributed by atoms with van der Waals surface area (Å²) in [6.07, 6.45) is 0.551. The van der Waals surface area contributed by atoms with E-state index in [0.717, 1.165) is 16.8 Å². The van der Waals surface area contributed by atoms with Crippen LogP contribution in [0.2, 0.25) is 0 Å². The van der Waals surface area contributed by atoms with E-state index in [0.29, 0.717) is 36.6 Å². The van der Waals surface area contributed by atoms with E-state index >= 15 is 0 Å². The van der Waals surface area contributed by atoms with E-state index in [4.69, 9.17) is 14.7 Å². The molecule has 1 aliphatic rings. The Morgan fingerprint density at radius 1 is 1.00 bits per heavy atom. The third-order valence-corrected chi connectivity index (χ3v) is 6.32. The molecule has 1 aliphatic heterocycles. The summed E-state index contributed by atoms with van der Waals surface area (Å²) in [5.41, 5.74) is 4.21. The van der Waals surface area contributed by atoms with Crippen molar-refractivity contribution in [1.29, 1.82) is 0 Å². The minimum absolute atomic E-state index is 0.0548. The molecule has 5 rings (SSSR count). The number of aromatic nitrogens is 2. The normalized spacial score (nSPS) is 12.7. The Balaban J connectivity index is 1.49. The summed E-state index contributed by atoms with van der Waals surface area (Å²) in [7, 11) is 1.92. The number of amides is 1. The molecule has 0 atom stereocenters. The van der Waals surface area contributed by atoms with Crippen LogP contribution in [-0.2, 0) is 19.5 Å². The Kier molecular flexibility index (Phi) is 6.62. The Hall–Kier alpha value is -4.26. The highest BCUT2D eigenvalue weighted by Gasteiger charge is 2.28. The number of para-hydroxylation sites is 1. The molecule has 182 valence electrons. The predicted octanol–water partition coefficient (Wildman–Crippen LogP) is 5.55. The molecule has 0 unspecified atom stereocenters. The van der Waals surface area contributed by atoms with Gasteiger partial charge in [-0.05, 0) is 36.2 Å². The van der Waals surface area contributed by atoms with Crippen molar-refractivity contribution in [2.24, 2.45) is 0 Å². The van der Waals surface area contributed by atoms with Crippen LogP contribution in [0.4, 0.5) is 10.3 Å². The standard InChI is InChI=1S/C29H27FN4O2/c1-20-10-6-7-13-22(20)28(35)34-17-16-25-23(19-34)27(36-26-15-9-8-14-24(26)30)32-29(31-25)33(2)18-21-11-4-3-5-12-21/h3-15H,16-19H2,1-2H3. The number of ether oxygens (including phenoxy) is 1. The highest BCUT2D eigenvalue weighted by atomic mass is 19.1. The largest absolute Gasteiger partial charge is 0.435 e. The second kappa shape index (κ2) is 10.2. The van der Waals surface area contributed by atoms with Crippen LogP contribution in [0.15, 0.2) is 78.9 Å². The summed E-state index contributed by atoms with van der Waals surface area (Å²) in [5.74, 6) is 0.302. The van der Waals surface area contributed by atoms with Crippen LogP contribution in [0.25, 0.3) is 0 Å². The third kappa shape index (κ3) is 4.91. The van der Waals surface area contributed by atoms with Gasteiger partial charge < -0.3 is 14.5 Å². The molecule has 3 aromatic carbocycles. The van der Waals surface area contributed by atoms with Gasteiger partial charge in [-0.1, -0.05) is 60.7 Å². The maximum Gasteiger partial charge on any atom is 0.254 e. The van der Waals surface area contributed by atoms with Crippen molar-refractivity contribution in [2.75, 3.05) is 18.5 Å². The minimum Gasteiger partial charge on any atom is -0.435 e. The number of halogens is 1. The third-order valence-electron chi connectivity index (χ3n) is 6.32. The number of hydrogen-bond donors (Lipinski definition) is 0. The van der Waals surface area contributed by atoms with E-state index in [1.54, 1.807) is 23.1 Å². The van der Waals surface area contributed by atoms with Crippen molar-refractivity contribution >= 4 is 11.9 Å². The van der Waals surface area contributed by atoms with Crippen molar-refractivity contribution in [3.05, 3.63) is 113 Å². The summed E-state index contributed by atoms with van der Waals surface area (Å²) >= 11 is 0. The van der Waals surface area contributed by atoms with Crippen LogP contribution in [0.1, 0.15) is 32.7 Å². The average molecular weight is 483 g/mol. The summed E-state index contributed by atoms with van der Waals surface area (Å²) in [6, 6.07) is 23.8. The first-order valence-electron chi connectivity index (χ1n) is 11.9. The van der Waals surface area contributed by atoms with E-state index in [-0.39, 0.29) is 24.1 Å². The fraction of sp³-hybridized carbons (Fsp3) is 0.207. The van der Waals surface area contributed by atoms with E-state index in [1.807, 2.05) is 73.5 Å². The second-order valence-corrected chi connectivity index (χ2v) is 8.92. The Morgan fingerprint density at radius 3 is 2.50 bits per heavy atom. The van der Waals surface area contributed by atoms with Gasteiger partial charge in [0.15, 0.2) is 11.6 Å². The lowest BCUT2D eigenvalue weighted by atomic mass is 10.0. The molecule has 0 spiro atoms. The van der Waals surface area contributed by atoms with E-state index < -0.39 is 5.82 Å². The predicted molar refractivity (Wildman–Crippen MR) is 137 cm³/mol. The molecular weight excluding hydrogens is 455 g/mol. The summed E-state index contributed by atoms with van der Waals surface area (Å²) < 4.78 is 20.5. The number of carbonyl (C=O) groups is 1. The summed E-state index contributed by atoms with van der Waals surface area (Å²) in [5, 5.41) is 0. The smallest absolute Gasteiger partial charge is 0.254 e. The number of rotatable bonds is 6. The van der Waals surface area contributed by atoms with Crippen molar-refractivity contribution in [2.45, 2.75) is 26.4 Å². The Labute approximate surface area is 210 Å². The highest BCUT2D eigenvalue weighted by molar-refractivity contribution is 5.95. The average Bonchev–Trinajstić information content (AvgIpc) is 2.90. The van der Waals surface area contributed by atoms with Gasteiger partial charge in [0, 0.05) is 32.1 Å². The fourth-order valence-corrected chi connectivity index (χ4v) is 4.34. The van der Waals surface area contributed by atoms with Crippen LogP contribution in [0.5, 0.6) is 11.6 Å². The molecule has 4 aromatic rings. The van der Waals surface area contributed by atoms with Gasteiger partial charge in [0.05, 0.1) is 17.8 Å². The van der Waals surface area contributed by atoms with E-state index in [1.165, 1.54) is 6.07 Å². The monoisotopic (exact) mass is 482 g/mol. The molecule has 0 N–H and O–H groups in total. The molecular formula is C29H27FN4O2. The molecule has 1 amide bonds. The minimum atomic E-state index is -0.479. The number of aryl methyl sites for hydroxylation is 1. The number of fused-ring (bicyclic) bond motifs is 1. The van der Waals surface area contributed by atoms with Crippen molar-refractivity contribution < 1.29 is 13.9 Å². The van der Waals surface area contributed by atoms with Gasteiger partial charge in [-0.3, -0.25) is 4.79 Å². The van der Waals surface area contributed by atoms with Gasteiger partial charge in [0.25, 0.3) is 5.91 Å². The second-order valence-electron chi connectivity index (χ2n) is 8.92. The molecule has 0 saturated heterocycles. The zero-order valence-electron chi connectivity index (χ0n) is 20.3.